The predicted octanol–water partition coefficient (Wildman–Crippen LogP) is 5.27. The smallest absolute Gasteiger partial charge is 0.339 e. The summed E-state index contributed by atoms with van der Waals surface area (Å²) in [6.07, 6.45) is 1.27. The molecule has 0 spiro atoms. The van der Waals surface area contributed by atoms with E-state index in [-0.39, 0.29) is 21.8 Å². The van der Waals surface area contributed by atoms with Crippen LogP contribution in [0, 0.1) is 25.2 Å². The molecule has 1 N–H and O–H groups in total. The standard InChI is InChI=1S/C24H19ClN2O4S/c1-16-7-11-21(12-8-16)32(29,30)31-23-6-4-3-5-18(23)13-19(15-26)24(28)27-20-10-9-17(2)22(25)14-20/h3-14H,1-2H3,(H,27,28)/b19-13+. The van der Waals surface area contributed by atoms with Crippen molar-refractivity contribution in [3.63, 3.8) is 0 Å². The van der Waals surface area contributed by atoms with Crippen LogP contribution in [0.25, 0.3) is 6.08 Å². The maximum Gasteiger partial charge on any atom is 0.339 e. The first-order valence-corrected chi connectivity index (χ1v) is 11.3. The largest absolute Gasteiger partial charge is 0.378 e. The molecule has 162 valence electrons. The zero-order valence-electron chi connectivity index (χ0n) is 17.3. The molecule has 1 amide bonds. The minimum Gasteiger partial charge on any atom is -0.378 e. The second kappa shape index (κ2) is 9.69. The Labute approximate surface area is 191 Å². The quantitative estimate of drug-likeness (QED) is 0.303. The minimum atomic E-state index is -4.10. The van der Waals surface area contributed by atoms with Crippen LogP contribution in [-0.2, 0) is 14.9 Å². The van der Waals surface area contributed by atoms with E-state index in [1.165, 1.54) is 24.3 Å². The zero-order valence-corrected chi connectivity index (χ0v) is 18.9. The minimum absolute atomic E-state index is 0.00335. The molecule has 0 saturated heterocycles. The third-order valence-electron chi connectivity index (χ3n) is 4.52. The van der Waals surface area contributed by atoms with E-state index in [0.29, 0.717) is 10.7 Å². The molecular weight excluding hydrogens is 448 g/mol. The van der Waals surface area contributed by atoms with Crippen molar-refractivity contribution < 1.29 is 17.4 Å². The highest BCUT2D eigenvalue weighted by Crippen LogP contribution is 2.26. The predicted molar refractivity (Wildman–Crippen MR) is 124 cm³/mol. The lowest BCUT2D eigenvalue weighted by molar-refractivity contribution is -0.112. The number of para-hydroxylation sites is 1. The van der Waals surface area contributed by atoms with Crippen LogP contribution in [0.1, 0.15) is 16.7 Å². The number of aryl methyl sites for hydroxylation is 2. The van der Waals surface area contributed by atoms with E-state index >= 15 is 0 Å². The first kappa shape index (κ1) is 23.1. The number of anilines is 1. The van der Waals surface area contributed by atoms with Crippen molar-refractivity contribution in [3.8, 4) is 11.8 Å². The molecule has 0 saturated carbocycles. The summed E-state index contributed by atoms with van der Waals surface area (Å²) in [7, 11) is -4.10. The summed E-state index contributed by atoms with van der Waals surface area (Å²) in [5.41, 5.74) is 2.22. The molecule has 0 unspecified atom stereocenters. The number of carbonyl (C=O) groups excluding carboxylic acids is 1. The van der Waals surface area contributed by atoms with Gasteiger partial charge in [-0.2, -0.15) is 13.7 Å². The van der Waals surface area contributed by atoms with Gasteiger partial charge in [0.05, 0.1) is 0 Å². The van der Waals surface area contributed by atoms with Crippen LogP contribution in [-0.4, -0.2) is 14.3 Å². The van der Waals surface area contributed by atoms with Crippen LogP contribution in [0.2, 0.25) is 5.02 Å². The van der Waals surface area contributed by atoms with Gasteiger partial charge >= 0.3 is 10.1 Å². The third kappa shape index (κ3) is 5.55. The Morgan fingerprint density at radius 1 is 1.06 bits per heavy atom. The van der Waals surface area contributed by atoms with Crippen molar-refractivity contribution in [2.24, 2.45) is 0 Å². The Morgan fingerprint density at radius 2 is 1.75 bits per heavy atom. The van der Waals surface area contributed by atoms with E-state index in [1.54, 1.807) is 48.5 Å². The number of halogens is 1. The van der Waals surface area contributed by atoms with Gasteiger partial charge in [-0.05, 0) is 55.8 Å². The molecule has 0 radical (unpaired) electrons. The van der Waals surface area contributed by atoms with Gasteiger partial charge in [0.1, 0.15) is 22.3 Å². The first-order valence-electron chi connectivity index (χ1n) is 9.49. The average Bonchev–Trinajstić information content (AvgIpc) is 2.75. The van der Waals surface area contributed by atoms with Crippen LogP contribution in [0.4, 0.5) is 5.69 Å². The third-order valence-corrected chi connectivity index (χ3v) is 6.18. The van der Waals surface area contributed by atoms with Crippen molar-refractivity contribution in [1.29, 1.82) is 5.26 Å². The molecule has 0 atom stereocenters. The number of nitrogens with one attached hydrogen (secondary N) is 1. The summed E-state index contributed by atoms with van der Waals surface area (Å²) in [6, 6.07) is 19.3. The molecule has 0 bridgehead atoms. The number of hydrogen-bond donors (Lipinski definition) is 1. The van der Waals surface area contributed by atoms with Crippen molar-refractivity contribution in [2.75, 3.05) is 5.32 Å². The molecule has 3 rings (SSSR count). The molecule has 0 aliphatic rings. The Hall–Kier alpha value is -3.60. The monoisotopic (exact) mass is 466 g/mol. The number of nitriles is 1. The van der Waals surface area contributed by atoms with Crippen LogP contribution in [0.15, 0.2) is 77.2 Å². The van der Waals surface area contributed by atoms with Crippen molar-refractivity contribution in [2.45, 2.75) is 18.7 Å². The molecule has 32 heavy (non-hydrogen) atoms. The summed E-state index contributed by atoms with van der Waals surface area (Å²) in [5, 5.41) is 12.6. The summed E-state index contributed by atoms with van der Waals surface area (Å²) in [4.78, 5) is 12.6. The number of benzene rings is 3. The number of amides is 1. The van der Waals surface area contributed by atoms with E-state index in [1.807, 2.05) is 19.9 Å². The van der Waals surface area contributed by atoms with Gasteiger partial charge in [0.2, 0.25) is 0 Å². The van der Waals surface area contributed by atoms with Crippen molar-refractivity contribution in [1.82, 2.24) is 0 Å². The summed E-state index contributed by atoms with van der Waals surface area (Å²) >= 11 is 6.08. The normalized spacial score (nSPS) is 11.5. The zero-order chi connectivity index (χ0) is 23.3. The van der Waals surface area contributed by atoms with E-state index in [2.05, 4.69) is 5.32 Å². The van der Waals surface area contributed by atoms with Crippen molar-refractivity contribution >= 4 is 39.4 Å². The Morgan fingerprint density at radius 3 is 2.41 bits per heavy atom. The van der Waals surface area contributed by atoms with Gasteiger partial charge in [0, 0.05) is 16.3 Å². The van der Waals surface area contributed by atoms with Crippen LogP contribution in [0.5, 0.6) is 5.75 Å². The van der Waals surface area contributed by atoms with Gasteiger partial charge in [-0.1, -0.05) is 53.6 Å². The number of rotatable bonds is 6. The van der Waals surface area contributed by atoms with Gasteiger partial charge in [-0.25, -0.2) is 0 Å². The Bertz CT molecular complexity index is 1340. The van der Waals surface area contributed by atoms with Gasteiger partial charge in [0.15, 0.2) is 0 Å². The van der Waals surface area contributed by atoms with Crippen molar-refractivity contribution in [3.05, 3.63) is 94.0 Å². The Kier molecular flexibility index (Phi) is 6.98. The summed E-state index contributed by atoms with van der Waals surface area (Å²) < 4.78 is 30.6. The SMILES string of the molecule is Cc1ccc(S(=O)(=O)Oc2ccccc2/C=C(\C#N)C(=O)Nc2ccc(C)c(Cl)c2)cc1. The van der Waals surface area contributed by atoms with E-state index < -0.39 is 16.0 Å². The van der Waals surface area contributed by atoms with Gasteiger partial charge in [-0.3, -0.25) is 4.79 Å². The number of hydrogen-bond acceptors (Lipinski definition) is 5. The fourth-order valence-corrected chi connectivity index (χ4v) is 3.85. The number of nitrogens with zero attached hydrogens (tertiary/aromatic N) is 1. The molecule has 0 fully saturated rings. The fourth-order valence-electron chi connectivity index (χ4n) is 2.72. The van der Waals surface area contributed by atoms with Gasteiger partial charge < -0.3 is 9.50 Å². The highest BCUT2D eigenvalue weighted by Gasteiger charge is 2.19. The highest BCUT2D eigenvalue weighted by molar-refractivity contribution is 7.87. The lowest BCUT2D eigenvalue weighted by atomic mass is 10.1. The highest BCUT2D eigenvalue weighted by atomic mass is 35.5. The van der Waals surface area contributed by atoms with E-state index in [0.717, 1.165) is 11.1 Å². The average molecular weight is 467 g/mol. The molecule has 8 heteroatoms. The van der Waals surface area contributed by atoms with Crippen LogP contribution >= 0.6 is 11.6 Å². The fraction of sp³-hybridized carbons (Fsp3) is 0.0833. The second-order valence-electron chi connectivity index (χ2n) is 6.98. The Balaban J connectivity index is 1.88. The molecule has 3 aromatic carbocycles. The molecule has 6 nitrogen and oxygen atoms in total. The van der Waals surface area contributed by atoms with E-state index in [4.69, 9.17) is 15.8 Å². The summed E-state index contributed by atoms with van der Waals surface area (Å²) in [6.45, 7) is 3.67. The van der Waals surface area contributed by atoms with Gasteiger partial charge in [-0.15, -0.1) is 0 Å². The van der Waals surface area contributed by atoms with E-state index in [9.17, 15) is 18.5 Å². The second-order valence-corrected chi connectivity index (χ2v) is 8.93. The lowest BCUT2D eigenvalue weighted by Gasteiger charge is -2.10. The molecule has 0 aliphatic heterocycles. The number of carbonyl (C=O) groups is 1. The molecular formula is C24H19ClN2O4S. The topological polar surface area (TPSA) is 96.3 Å². The van der Waals surface area contributed by atoms with Crippen LogP contribution in [0.3, 0.4) is 0 Å². The maximum absolute atomic E-state index is 12.7. The summed E-state index contributed by atoms with van der Waals surface area (Å²) in [5.74, 6) is -0.671. The lowest BCUT2D eigenvalue weighted by Crippen LogP contribution is -2.14. The van der Waals surface area contributed by atoms with Crippen LogP contribution < -0.4 is 9.50 Å². The molecule has 3 aromatic rings. The maximum atomic E-state index is 12.7. The molecule has 0 aliphatic carbocycles. The van der Waals surface area contributed by atoms with Gasteiger partial charge in [0.25, 0.3) is 5.91 Å². The molecule has 0 aromatic heterocycles. The first-order chi connectivity index (χ1) is 15.2. The molecule has 0 heterocycles.